The number of ether oxygens (including phenoxy) is 3. The second-order valence-corrected chi connectivity index (χ2v) is 6.40. The maximum atomic E-state index is 12.7. The van der Waals surface area contributed by atoms with Crippen LogP contribution >= 0.6 is 0 Å². The third kappa shape index (κ3) is 2.44. The maximum Gasteiger partial charge on any atom is 0.329 e. The van der Waals surface area contributed by atoms with Crippen molar-refractivity contribution < 1.29 is 19.0 Å². The minimum atomic E-state index is -0.486. The topological polar surface area (TPSA) is 68.8 Å². The molecular formula is C20H22N2O4. The van der Waals surface area contributed by atoms with E-state index in [9.17, 15) is 4.79 Å². The number of anilines is 2. The zero-order chi connectivity index (χ0) is 18.3. The summed E-state index contributed by atoms with van der Waals surface area (Å²) in [7, 11) is 3.25. The van der Waals surface area contributed by atoms with Crippen LogP contribution in [0.1, 0.15) is 30.0 Å². The van der Waals surface area contributed by atoms with Crippen molar-refractivity contribution in [2.24, 2.45) is 0 Å². The van der Waals surface area contributed by atoms with E-state index in [2.05, 4.69) is 16.7 Å². The van der Waals surface area contributed by atoms with Gasteiger partial charge in [-0.15, -0.1) is 0 Å². The number of hydrogen-bond donors (Lipinski definition) is 2. The summed E-state index contributed by atoms with van der Waals surface area (Å²) < 4.78 is 16.4. The molecule has 2 aliphatic rings. The monoisotopic (exact) mass is 354 g/mol. The molecule has 0 aliphatic carbocycles. The number of carbonyl (C=O) groups is 1. The molecule has 136 valence electrons. The third-order valence-corrected chi connectivity index (χ3v) is 5.08. The molecule has 0 amide bonds. The average molecular weight is 354 g/mol. The number of carbonyl (C=O) groups excluding carboxylic acids is 1. The Balaban J connectivity index is 1.87. The van der Waals surface area contributed by atoms with Gasteiger partial charge in [0.05, 0.1) is 26.9 Å². The Bertz CT molecular complexity index is 852. The van der Waals surface area contributed by atoms with E-state index in [1.807, 2.05) is 37.3 Å². The average Bonchev–Trinajstić information content (AvgIpc) is 3.05. The van der Waals surface area contributed by atoms with Crippen molar-refractivity contribution >= 4 is 17.3 Å². The van der Waals surface area contributed by atoms with Crippen LogP contribution in [0.3, 0.4) is 0 Å². The molecule has 2 aliphatic heterocycles. The summed E-state index contributed by atoms with van der Waals surface area (Å²) in [4.78, 5) is 12.7. The second-order valence-electron chi connectivity index (χ2n) is 6.40. The highest BCUT2D eigenvalue weighted by molar-refractivity contribution is 5.86. The summed E-state index contributed by atoms with van der Waals surface area (Å²) >= 11 is 0. The van der Waals surface area contributed by atoms with Crippen molar-refractivity contribution in [2.75, 3.05) is 31.5 Å². The lowest BCUT2D eigenvalue weighted by Gasteiger charge is -2.36. The molecule has 0 fully saturated rings. The first-order valence-corrected chi connectivity index (χ1v) is 8.72. The van der Waals surface area contributed by atoms with Gasteiger partial charge in [-0.3, -0.25) is 0 Å². The van der Waals surface area contributed by atoms with Gasteiger partial charge in [0, 0.05) is 35.0 Å². The zero-order valence-corrected chi connectivity index (χ0v) is 15.0. The summed E-state index contributed by atoms with van der Waals surface area (Å²) in [5.74, 6) is 1.06. The molecule has 2 aromatic carbocycles. The molecule has 26 heavy (non-hydrogen) atoms. The zero-order valence-electron chi connectivity index (χ0n) is 15.0. The highest BCUT2D eigenvalue weighted by Crippen LogP contribution is 2.54. The van der Waals surface area contributed by atoms with Crippen LogP contribution < -0.4 is 20.1 Å². The molecular weight excluding hydrogens is 332 g/mol. The normalized spacial score (nSPS) is 22.2. The predicted molar refractivity (Wildman–Crippen MR) is 99.1 cm³/mol. The fourth-order valence-electron chi connectivity index (χ4n) is 4.00. The van der Waals surface area contributed by atoms with Crippen molar-refractivity contribution in [1.29, 1.82) is 0 Å². The number of fused-ring (bicyclic) bond motifs is 5. The first-order valence-electron chi connectivity index (χ1n) is 8.72. The number of benzene rings is 2. The molecule has 0 saturated heterocycles. The Morgan fingerprint density at radius 3 is 2.62 bits per heavy atom. The Kier molecular flexibility index (Phi) is 4.11. The van der Waals surface area contributed by atoms with Crippen LogP contribution in [0.2, 0.25) is 0 Å². The predicted octanol–water partition coefficient (Wildman–Crippen LogP) is 3.31. The fourth-order valence-corrected chi connectivity index (χ4v) is 4.00. The van der Waals surface area contributed by atoms with Gasteiger partial charge in [-0.1, -0.05) is 18.2 Å². The van der Waals surface area contributed by atoms with E-state index >= 15 is 0 Å². The van der Waals surface area contributed by atoms with Crippen molar-refractivity contribution in [1.82, 2.24) is 0 Å². The van der Waals surface area contributed by atoms with Crippen molar-refractivity contribution in [2.45, 2.75) is 24.9 Å². The number of para-hydroxylation sites is 1. The number of nitrogens with one attached hydrogen (secondary N) is 2. The van der Waals surface area contributed by atoms with Crippen LogP contribution in [0, 0.1) is 0 Å². The van der Waals surface area contributed by atoms with Crippen molar-refractivity contribution in [3.63, 3.8) is 0 Å². The van der Waals surface area contributed by atoms with E-state index in [1.54, 1.807) is 14.2 Å². The largest absolute Gasteiger partial charge is 0.497 e. The van der Waals surface area contributed by atoms with Crippen LogP contribution in [-0.4, -0.2) is 32.8 Å². The molecule has 2 heterocycles. The number of hydrogen-bond acceptors (Lipinski definition) is 6. The van der Waals surface area contributed by atoms with E-state index < -0.39 is 6.04 Å². The molecule has 6 nitrogen and oxygen atoms in total. The Morgan fingerprint density at radius 1 is 1.08 bits per heavy atom. The van der Waals surface area contributed by atoms with Gasteiger partial charge in [0.15, 0.2) is 0 Å². The fraction of sp³-hybridized carbons (Fsp3) is 0.350. The van der Waals surface area contributed by atoms with Crippen LogP contribution in [0.4, 0.5) is 11.4 Å². The van der Waals surface area contributed by atoms with Crippen LogP contribution in [0.15, 0.2) is 36.4 Å². The Morgan fingerprint density at radius 2 is 1.88 bits per heavy atom. The van der Waals surface area contributed by atoms with E-state index in [4.69, 9.17) is 14.2 Å². The van der Waals surface area contributed by atoms with Gasteiger partial charge in [0.25, 0.3) is 0 Å². The summed E-state index contributed by atoms with van der Waals surface area (Å²) in [6.45, 7) is 2.16. The molecule has 3 atom stereocenters. The molecule has 6 heteroatoms. The minimum absolute atomic E-state index is 0.0833. The SMILES string of the molecule is CCOC(=O)[C@@H]1Nc2cc(OC)cc(OC)c2[C@@H]2Nc3ccccc3[C@H]12. The summed E-state index contributed by atoms with van der Waals surface area (Å²) in [5.41, 5.74) is 3.95. The van der Waals surface area contributed by atoms with E-state index in [1.165, 1.54) is 0 Å². The Hall–Kier alpha value is -2.89. The molecule has 4 rings (SSSR count). The number of rotatable bonds is 4. The number of esters is 1. The lowest BCUT2D eigenvalue weighted by Crippen LogP contribution is -2.42. The van der Waals surface area contributed by atoms with Crippen molar-refractivity contribution in [3.05, 3.63) is 47.5 Å². The van der Waals surface area contributed by atoms with Gasteiger partial charge in [-0.05, 0) is 18.6 Å². The van der Waals surface area contributed by atoms with Gasteiger partial charge in [0.1, 0.15) is 17.5 Å². The first-order chi connectivity index (χ1) is 12.7. The van der Waals surface area contributed by atoms with Crippen LogP contribution in [0.25, 0.3) is 0 Å². The van der Waals surface area contributed by atoms with E-state index in [-0.39, 0.29) is 17.9 Å². The van der Waals surface area contributed by atoms with E-state index in [0.717, 1.165) is 28.3 Å². The van der Waals surface area contributed by atoms with Gasteiger partial charge in [-0.25, -0.2) is 4.79 Å². The summed E-state index contributed by atoms with van der Waals surface area (Å²) in [6.07, 6.45) is 0. The summed E-state index contributed by atoms with van der Waals surface area (Å²) in [5, 5.41) is 6.93. The standard InChI is InChI=1S/C20H22N2O4/c1-4-26-20(23)19-16-12-7-5-6-8-13(12)21-18(16)17-14(22-19)9-11(24-2)10-15(17)25-3/h5-10,16,18-19,21-22H,4H2,1-3H3/t16-,18+,19+/m0/s1. The van der Waals surface area contributed by atoms with Crippen LogP contribution in [-0.2, 0) is 9.53 Å². The first kappa shape index (κ1) is 16.6. The number of methoxy groups -OCH3 is 2. The maximum absolute atomic E-state index is 12.7. The molecule has 0 spiro atoms. The smallest absolute Gasteiger partial charge is 0.329 e. The van der Waals surface area contributed by atoms with Gasteiger partial charge in [0.2, 0.25) is 0 Å². The molecule has 0 aromatic heterocycles. The molecule has 0 radical (unpaired) electrons. The van der Waals surface area contributed by atoms with Gasteiger partial charge >= 0.3 is 5.97 Å². The molecule has 2 aromatic rings. The van der Waals surface area contributed by atoms with Gasteiger partial charge in [-0.2, -0.15) is 0 Å². The van der Waals surface area contributed by atoms with Gasteiger partial charge < -0.3 is 24.8 Å². The summed E-state index contributed by atoms with van der Waals surface area (Å²) in [6, 6.07) is 11.3. The Labute approximate surface area is 152 Å². The van der Waals surface area contributed by atoms with Crippen LogP contribution in [0.5, 0.6) is 11.5 Å². The third-order valence-electron chi connectivity index (χ3n) is 5.08. The molecule has 0 unspecified atom stereocenters. The highest BCUT2D eigenvalue weighted by atomic mass is 16.5. The lowest BCUT2D eigenvalue weighted by molar-refractivity contribution is -0.144. The molecule has 2 N–H and O–H groups in total. The van der Waals surface area contributed by atoms with Crippen molar-refractivity contribution in [3.8, 4) is 11.5 Å². The highest BCUT2D eigenvalue weighted by Gasteiger charge is 2.47. The quantitative estimate of drug-likeness (QED) is 0.821. The van der Waals surface area contributed by atoms with E-state index in [0.29, 0.717) is 12.4 Å². The molecule has 0 bridgehead atoms. The lowest BCUT2D eigenvalue weighted by atomic mass is 9.80. The minimum Gasteiger partial charge on any atom is -0.497 e. The second kappa shape index (κ2) is 6.44. The molecule has 0 saturated carbocycles.